The van der Waals surface area contributed by atoms with Crippen LogP contribution in [0.4, 0.5) is 11.4 Å². The highest BCUT2D eigenvalue weighted by molar-refractivity contribution is 7.89. The van der Waals surface area contributed by atoms with E-state index in [1.165, 1.54) is 4.31 Å². The molecule has 4 rings (SSSR count). The van der Waals surface area contributed by atoms with Crippen molar-refractivity contribution in [1.82, 2.24) is 4.31 Å². The SMILES string of the molecule is CCN(CC)S(=O)(=O)c1ccc2c(c1)N(Cc1ccc(C(=O)O)cc1)C1CCCN21. The lowest BCUT2D eigenvalue weighted by Gasteiger charge is -2.28. The van der Waals surface area contributed by atoms with E-state index in [9.17, 15) is 13.2 Å². The molecule has 1 fully saturated rings. The molecule has 0 amide bonds. The molecule has 1 N–H and O–H groups in total. The van der Waals surface area contributed by atoms with E-state index >= 15 is 0 Å². The van der Waals surface area contributed by atoms with Gasteiger partial charge in [0.15, 0.2) is 0 Å². The van der Waals surface area contributed by atoms with Crippen molar-refractivity contribution in [3.05, 3.63) is 53.6 Å². The molecule has 160 valence electrons. The molecule has 2 aromatic rings. The summed E-state index contributed by atoms with van der Waals surface area (Å²) < 4.78 is 27.6. The Morgan fingerprint density at radius 2 is 1.80 bits per heavy atom. The normalized spacial score (nSPS) is 18.0. The quantitative estimate of drug-likeness (QED) is 0.727. The summed E-state index contributed by atoms with van der Waals surface area (Å²) in [5, 5.41) is 9.13. The highest BCUT2D eigenvalue weighted by atomic mass is 32.2. The largest absolute Gasteiger partial charge is 0.478 e. The van der Waals surface area contributed by atoms with Gasteiger partial charge < -0.3 is 14.9 Å². The zero-order chi connectivity index (χ0) is 21.5. The van der Waals surface area contributed by atoms with Crippen LogP contribution in [0.2, 0.25) is 0 Å². The van der Waals surface area contributed by atoms with E-state index in [2.05, 4.69) is 9.80 Å². The first-order chi connectivity index (χ1) is 14.4. The number of carboxylic acid groups (broad SMARTS) is 1. The lowest BCUT2D eigenvalue weighted by molar-refractivity contribution is 0.0697. The average Bonchev–Trinajstić information content (AvgIpc) is 3.31. The highest BCUT2D eigenvalue weighted by Gasteiger charge is 2.39. The van der Waals surface area contributed by atoms with Gasteiger partial charge in [0.2, 0.25) is 10.0 Å². The first-order valence-corrected chi connectivity index (χ1v) is 11.8. The number of hydrogen-bond donors (Lipinski definition) is 1. The number of carbonyl (C=O) groups is 1. The minimum Gasteiger partial charge on any atom is -0.478 e. The fourth-order valence-corrected chi connectivity index (χ4v) is 5.98. The molecule has 0 spiro atoms. The molecule has 8 heteroatoms. The van der Waals surface area contributed by atoms with E-state index in [0.717, 1.165) is 36.3 Å². The van der Waals surface area contributed by atoms with Crippen molar-refractivity contribution in [1.29, 1.82) is 0 Å². The van der Waals surface area contributed by atoms with Gasteiger partial charge in [0.25, 0.3) is 0 Å². The van der Waals surface area contributed by atoms with E-state index < -0.39 is 16.0 Å². The summed E-state index contributed by atoms with van der Waals surface area (Å²) >= 11 is 0. The zero-order valence-electron chi connectivity index (χ0n) is 17.3. The summed E-state index contributed by atoms with van der Waals surface area (Å²) in [6, 6.07) is 12.3. The van der Waals surface area contributed by atoms with Gasteiger partial charge in [0.1, 0.15) is 6.17 Å². The first kappa shape index (κ1) is 20.7. The van der Waals surface area contributed by atoms with E-state index in [1.54, 1.807) is 24.3 Å². The third-order valence-electron chi connectivity index (χ3n) is 6.04. The molecule has 1 atom stereocenters. The van der Waals surface area contributed by atoms with Crippen LogP contribution in [0.15, 0.2) is 47.4 Å². The maximum Gasteiger partial charge on any atom is 0.335 e. The minimum atomic E-state index is -3.53. The second-order valence-electron chi connectivity index (χ2n) is 7.69. The van der Waals surface area contributed by atoms with Gasteiger partial charge in [0.05, 0.1) is 21.8 Å². The molecule has 0 aliphatic carbocycles. The first-order valence-electron chi connectivity index (χ1n) is 10.4. The minimum absolute atomic E-state index is 0.200. The Labute approximate surface area is 177 Å². The highest BCUT2D eigenvalue weighted by Crippen LogP contribution is 2.45. The van der Waals surface area contributed by atoms with Gasteiger partial charge in [-0.2, -0.15) is 4.31 Å². The number of sulfonamides is 1. The molecule has 30 heavy (non-hydrogen) atoms. The monoisotopic (exact) mass is 429 g/mol. The van der Waals surface area contributed by atoms with Gasteiger partial charge in [-0.25, -0.2) is 13.2 Å². The maximum absolute atomic E-state index is 13.0. The van der Waals surface area contributed by atoms with Gasteiger partial charge in [0, 0.05) is 26.2 Å². The van der Waals surface area contributed by atoms with Crippen LogP contribution in [-0.4, -0.2) is 49.6 Å². The smallest absolute Gasteiger partial charge is 0.335 e. The predicted molar refractivity (Wildman–Crippen MR) is 117 cm³/mol. The zero-order valence-corrected chi connectivity index (χ0v) is 18.1. The second-order valence-corrected chi connectivity index (χ2v) is 9.62. The molecule has 2 aliphatic heterocycles. The van der Waals surface area contributed by atoms with E-state index in [-0.39, 0.29) is 11.7 Å². The number of hydrogen-bond acceptors (Lipinski definition) is 5. The van der Waals surface area contributed by atoms with Crippen LogP contribution < -0.4 is 9.80 Å². The van der Waals surface area contributed by atoms with Crippen LogP contribution in [0.3, 0.4) is 0 Å². The van der Waals surface area contributed by atoms with Crippen LogP contribution in [-0.2, 0) is 16.6 Å². The van der Waals surface area contributed by atoms with Crippen molar-refractivity contribution >= 4 is 27.4 Å². The molecule has 1 unspecified atom stereocenters. The maximum atomic E-state index is 13.0. The summed E-state index contributed by atoms with van der Waals surface area (Å²) in [5.41, 5.74) is 3.25. The molecule has 0 aromatic heterocycles. The lowest BCUT2D eigenvalue weighted by Crippen LogP contribution is -2.38. The summed E-state index contributed by atoms with van der Waals surface area (Å²) in [7, 11) is -3.53. The van der Waals surface area contributed by atoms with Crippen LogP contribution in [0.5, 0.6) is 0 Å². The Balaban J connectivity index is 1.70. The fraction of sp³-hybridized carbons (Fsp3) is 0.409. The number of carboxylic acids is 1. The van der Waals surface area contributed by atoms with Gasteiger partial charge in [-0.1, -0.05) is 26.0 Å². The fourth-order valence-electron chi connectivity index (χ4n) is 4.50. The molecule has 0 saturated carbocycles. The molecular formula is C22H27N3O4S. The van der Waals surface area contributed by atoms with E-state index in [1.807, 2.05) is 32.0 Å². The van der Waals surface area contributed by atoms with Crippen LogP contribution in [0.25, 0.3) is 0 Å². The Morgan fingerprint density at radius 3 is 2.43 bits per heavy atom. The number of rotatable bonds is 7. The summed E-state index contributed by atoms with van der Waals surface area (Å²) in [6.45, 7) is 6.11. The third kappa shape index (κ3) is 3.44. The predicted octanol–water partition coefficient (Wildman–Crippen LogP) is 3.36. The van der Waals surface area contributed by atoms with Gasteiger partial charge >= 0.3 is 5.97 Å². The third-order valence-corrected chi connectivity index (χ3v) is 8.09. The lowest BCUT2D eigenvalue weighted by atomic mass is 10.1. The molecule has 1 saturated heterocycles. The van der Waals surface area contributed by atoms with E-state index in [0.29, 0.717) is 24.5 Å². The second kappa shape index (κ2) is 7.92. The van der Waals surface area contributed by atoms with Gasteiger partial charge in [-0.3, -0.25) is 0 Å². The van der Waals surface area contributed by atoms with E-state index in [4.69, 9.17) is 5.11 Å². The topological polar surface area (TPSA) is 81.2 Å². The van der Waals surface area contributed by atoms with Crippen molar-refractivity contribution in [2.75, 3.05) is 29.4 Å². The molecule has 2 aliphatic rings. The summed E-state index contributed by atoms with van der Waals surface area (Å²) in [6.07, 6.45) is 2.31. The Hall–Kier alpha value is -2.58. The van der Waals surface area contributed by atoms with Crippen molar-refractivity contribution in [2.24, 2.45) is 0 Å². The van der Waals surface area contributed by atoms with Crippen molar-refractivity contribution in [3.63, 3.8) is 0 Å². The number of anilines is 2. The van der Waals surface area contributed by atoms with Crippen LogP contribution in [0, 0.1) is 0 Å². The molecule has 0 radical (unpaired) electrons. The molecule has 0 bridgehead atoms. The molecule has 2 heterocycles. The molecular weight excluding hydrogens is 402 g/mol. The van der Waals surface area contributed by atoms with Crippen molar-refractivity contribution in [2.45, 2.75) is 44.3 Å². The Bertz CT molecular complexity index is 1050. The number of nitrogens with zero attached hydrogens (tertiary/aromatic N) is 3. The molecule has 2 aromatic carbocycles. The number of benzene rings is 2. The van der Waals surface area contributed by atoms with Gasteiger partial charge in [-0.05, 0) is 48.7 Å². The molecule has 7 nitrogen and oxygen atoms in total. The number of fused-ring (bicyclic) bond motifs is 3. The van der Waals surface area contributed by atoms with Crippen LogP contribution >= 0.6 is 0 Å². The average molecular weight is 430 g/mol. The van der Waals surface area contributed by atoms with Crippen molar-refractivity contribution < 1.29 is 18.3 Å². The standard InChI is InChI=1S/C22H27N3O4S/c1-3-23(4-2)30(28,29)18-11-12-19-20(14-18)25(21-6-5-13-24(19)21)15-16-7-9-17(10-8-16)22(26)27/h7-12,14,21H,3-6,13,15H2,1-2H3,(H,26,27). The van der Waals surface area contributed by atoms with Crippen LogP contribution in [0.1, 0.15) is 42.6 Å². The summed E-state index contributed by atoms with van der Waals surface area (Å²) in [5.74, 6) is -0.943. The Morgan fingerprint density at radius 1 is 1.10 bits per heavy atom. The van der Waals surface area contributed by atoms with Crippen molar-refractivity contribution in [3.8, 4) is 0 Å². The summed E-state index contributed by atoms with van der Waals surface area (Å²) in [4.78, 5) is 16.0. The van der Waals surface area contributed by atoms with Gasteiger partial charge in [-0.15, -0.1) is 0 Å². The Kier molecular flexibility index (Phi) is 5.46. The number of aromatic carboxylic acids is 1.